The van der Waals surface area contributed by atoms with E-state index in [0.29, 0.717) is 75.2 Å². The zero-order valence-corrected chi connectivity index (χ0v) is 31.2. The molecular formula is C42H36O4S2Si. The van der Waals surface area contributed by atoms with Crippen LogP contribution in [0.15, 0.2) is 82.6 Å². The van der Waals surface area contributed by atoms with E-state index in [-0.39, 0.29) is 0 Å². The van der Waals surface area contributed by atoms with Gasteiger partial charge in [-0.1, -0.05) is 89.8 Å². The SMILES string of the molecule is CC#CC1=c2cc3cc4c(cc3cc2C2=C1c1ccccc1S2(=O)=O)=C(C#C[Si](C(C)C)(C(C)C)C(C)C)C1=C4S(=O)(=O)c2ccccc21. The zero-order valence-electron chi connectivity index (χ0n) is 28.6. The fourth-order valence-electron chi connectivity index (χ4n) is 9.00. The molecule has 0 aromatic heterocycles. The molecule has 244 valence electrons. The molecule has 7 heteroatoms. The van der Waals surface area contributed by atoms with Gasteiger partial charge in [0, 0.05) is 44.5 Å². The van der Waals surface area contributed by atoms with Gasteiger partial charge in [-0.15, -0.1) is 11.5 Å². The molecule has 8 rings (SSSR count). The Morgan fingerprint density at radius 1 is 0.551 bits per heavy atom. The highest BCUT2D eigenvalue weighted by molar-refractivity contribution is 8.01. The fourth-order valence-corrected chi connectivity index (χ4v) is 18.0. The molecule has 2 aliphatic carbocycles. The molecule has 0 radical (unpaired) electrons. The lowest BCUT2D eigenvalue weighted by Crippen LogP contribution is -2.43. The maximum absolute atomic E-state index is 14.3. The second-order valence-corrected chi connectivity index (χ2v) is 23.6. The first-order valence-electron chi connectivity index (χ1n) is 16.8. The molecule has 0 bridgehead atoms. The first kappa shape index (κ1) is 31.8. The zero-order chi connectivity index (χ0) is 34.8. The van der Waals surface area contributed by atoms with Gasteiger partial charge in [-0.05, 0) is 81.2 Å². The van der Waals surface area contributed by atoms with Crippen LogP contribution in [-0.2, 0) is 19.7 Å². The number of allylic oxidation sites excluding steroid dienone is 2. The predicted molar refractivity (Wildman–Crippen MR) is 203 cm³/mol. The number of sulfone groups is 2. The summed E-state index contributed by atoms with van der Waals surface area (Å²) in [5.41, 5.74) is 10.5. The monoisotopic (exact) mass is 696 g/mol. The van der Waals surface area contributed by atoms with E-state index in [1.807, 2.05) is 48.5 Å². The molecule has 0 atom stereocenters. The van der Waals surface area contributed by atoms with Crippen LogP contribution in [0, 0.1) is 23.3 Å². The summed E-state index contributed by atoms with van der Waals surface area (Å²) in [5.74, 6) is 9.87. The minimum absolute atomic E-state index is 0.298. The van der Waals surface area contributed by atoms with E-state index in [4.69, 9.17) is 0 Å². The largest absolute Gasteiger partial charge is 0.218 e. The fraction of sp³-hybridized carbons (Fsp3) is 0.238. The Labute approximate surface area is 289 Å². The van der Waals surface area contributed by atoms with Crippen molar-refractivity contribution >= 4 is 70.6 Å². The van der Waals surface area contributed by atoms with E-state index >= 15 is 0 Å². The van der Waals surface area contributed by atoms with Crippen molar-refractivity contribution in [2.24, 2.45) is 0 Å². The molecule has 4 aliphatic rings. The third-order valence-electron chi connectivity index (χ3n) is 11.0. The first-order valence-corrected chi connectivity index (χ1v) is 22.0. The van der Waals surface area contributed by atoms with Crippen LogP contribution in [0.2, 0.25) is 16.6 Å². The number of hydrogen-bond acceptors (Lipinski definition) is 4. The Bertz CT molecular complexity index is 2770. The van der Waals surface area contributed by atoms with Gasteiger partial charge in [0.25, 0.3) is 0 Å². The van der Waals surface area contributed by atoms with Gasteiger partial charge in [0.1, 0.15) is 8.07 Å². The molecule has 49 heavy (non-hydrogen) atoms. The molecular weight excluding hydrogens is 661 g/mol. The Balaban J connectivity index is 1.48. The summed E-state index contributed by atoms with van der Waals surface area (Å²) < 4.78 is 56.6. The highest BCUT2D eigenvalue weighted by Gasteiger charge is 2.45. The van der Waals surface area contributed by atoms with Crippen LogP contribution in [0.4, 0.5) is 0 Å². The molecule has 0 N–H and O–H groups in total. The van der Waals surface area contributed by atoms with E-state index < -0.39 is 27.7 Å². The smallest absolute Gasteiger partial charge is 0.208 e. The van der Waals surface area contributed by atoms with Crippen molar-refractivity contribution in [3.8, 4) is 23.3 Å². The quantitative estimate of drug-likeness (QED) is 0.163. The van der Waals surface area contributed by atoms with Gasteiger partial charge in [-0.25, -0.2) is 16.8 Å². The summed E-state index contributed by atoms with van der Waals surface area (Å²) in [6.07, 6.45) is 0. The average Bonchev–Trinajstić information content (AvgIpc) is 3.69. The van der Waals surface area contributed by atoms with Crippen molar-refractivity contribution in [2.75, 3.05) is 0 Å². The van der Waals surface area contributed by atoms with E-state index in [9.17, 15) is 16.8 Å². The molecule has 0 unspecified atom stereocenters. The topological polar surface area (TPSA) is 68.3 Å². The van der Waals surface area contributed by atoms with Crippen LogP contribution in [0.3, 0.4) is 0 Å². The van der Waals surface area contributed by atoms with Gasteiger partial charge >= 0.3 is 0 Å². The maximum atomic E-state index is 14.3. The maximum Gasteiger partial charge on any atom is 0.208 e. The van der Waals surface area contributed by atoms with Crippen molar-refractivity contribution in [3.63, 3.8) is 0 Å². The van der Waals surface area contributed by atoms with Gasteiger partial charge in [0.15, 0.2) is 0 Å². The van der Waals surface area contributed by atoms with E-state index in [0.717, 1.165) is 26.8 Å². The lowest BCUT2D eigenvalue weighted by Gasteiger charge is -2.38. The van der Waals surface area contributed by atoms with Gasteiger partial charge in [0.05, 0.1) is 19.6 Å². The van der Waals surface area contributed by atoms with Gasteiger partial charge in [-0.2, -0.15) is 0 Å². The number of benzene rings is 4. The summed E-state index contributed by atoms with van der Waals surface area (Å²) in [4.78, 5) is 1.23. The third-order valence-corrected chi connectivity index (χ3v) is 21.1. The molecule has 0 saturated heterocycles. The van der Waals surface area contributed by atoms with Crippen molar-refractivity contribution in [1.29, 1.82) is 0 Å². The predicted octanol–water partition coefficient (Wildman–Crippen LogP) is 7.72. The summed E-state index contributed by atoms with van der Waals surface area (Å²) in [6.45, 7) is 15.4. The lowest BCUT2D eigenvalue weighted by molar-refractivity contribution is 0.605. The van der Waals surface area contributed by atoms with E-state index in [2.05, 4.69) is 64.8 Å². The van der Waals surface area contributed by atoms with Crippen LogP contribution in [0.1, 0.15) is 70.7 Å². The standard InChI is InChI=1S/C42H36O4S2Si/c1-8-13-29-33-20-27-23-36-34(21-28(27)22-35(33)41-39(29)31-14-9-11-16-37(31)47(41,43)44)30(18-19-49(24(2)3,25(4)5)26(6)7)40-32-15-10-12-17-38(32)48(45,46)42(36)40/h9-12,14-17,20-26H,1-7H3. The summed E-state index contributed by atoms with van der Waals surface area (Å²) in [7, 11) is -9.75. The van der Waals surface area contributed by atoms with Gasteiger partial charge < -0.3 is 0 Å². The minimum atomic E-state index is -3.81. The van der Waals surface area contributed by atoms with Crippen molar-refractivity contribution in [2.45, 2.75) is 74.9 Å². The molecule has 4 aromatic carbocycles. The van der Waals surface area contributed by atoms with Gasteiger partial charge in [0.2, 0.25) is 19.7 Å². The lowest BCUT2D eigenvalue weighted by atomic mass is 9.99. The summed E-state index contributed by atoms with van der Waals surface area (Å²) in [5, 5.41) is 3.18. The molecule has 4 aromatic rings. The average molecular weight is 697 g/mol. The van der Waals surface area contributed by atoms with Crippen LogP contribution in [0.25, 0.3) is 42.9 Å². The van der Waals surface area contributed by atoms with Crippen molar-refractivity contribution in [3.05, 3.63) is 105 Å². The first-order chi connectivity index (χ1) is 23.3. The van der Waals surface area contributed by atoms with E-state index in [1.54, 1.807) is 31.2 Å². The normalized spacial score (nSPS) is 17.5. The Kier molecular flexibility index (Phi) is 6.85. The molecule has 2 aliphatic heterocycles. The molecule has 0 amide bonds. The van der Waals surface area contributed by atoms with Crippen molar-refractivity contribution in [1.82, 2.24) is 0 Å². The summed E-state index contributed by atoms with van der Waals surface area (Å²) >= 11 is 0. The van der Waals surface area contributed by atoms with Crippen LogP contribution in [0.5, 0.6) is 0 Å². The van der Waals surface area contributed by atoms with Crippen molar-refractivity contribution < 1.29 is 16.8 Å². The van der Waals surface area contributed by atoms with Gasteiger partial charge in [-0.3, -0.25) is 0 Å². The molecule has 0 fully saturated rings. The number of fused-ring (bicyclic) bond motifs is 9. The number of hydrogen-bond donors (Lipinski definition) is 0. The highest BCUT2D eigenvalue weighted by atomic mass is 32.2. The molecule has 0 spiro atoms. The highest BCUT2D eigenvalue weighted by Crippen LogP contribution is 2.52. The van der Waals surface area contributed by atoms with E-state index in [1.165, 1.54) is 0 Å². The Hall–Kier alpha value is -4.40. The number of rotatable bonds is 3. The van der Waals surface area contributed by atoms with Crippen LogP contribution in [-0.4, -0.2) is 24.9 Å². The summed E-state index contributed by atoms with van der Waals surface area (Å²) in [6, 6.07) is 22.2. The molecule has 2 heterocycles. The second-order valence-electron chi connectivity index (χ2n) is 14.3. The Morgan fingerprint density at radius 2 is 0.959 bits per heavy atom. The Morgan fingerprint density at radius 3 is 1.37 bits per heavy atom. The molecule has 0 saturated carbocycles. The van der Waals surface area contributed by atoms with Crippen LogP contribution >= 0.6 is 0 Å². The molecule has 4 nitrogen and oxygen atoms in total. The van der Waals surface area contributed by atoms with Crippen LogP contribution < -0.4 is 10.4 Å². The second kappa shape index (κ2) is 10.5. The third kappa shape index (κ3) is 4.04. The minimum Gasteiger partial charge on any atom is -0.218 e.